The first kappa shape index (κ1) is 14.7. The van der Waals surface area contributed by atoms with Crippen LogP contribution >= 0.6 is 11.3 Å². The maximum Gasteiger partial charge on any atom is 0.271 e. The summed E-state index contributed by atoms with van der Waals surface area (Å²) in [5.74, 6) is 0.298. The van der Waals surface area contributed by atoms with Crippen LogP contribution in [0.1, 0.15) is 42.6 Å². The Kier molecular flexibility index (Phi) is 3.80. The average molecular weight is 332 g/mol. The van der Waals surface area contributed by atoms with Crippen molar-refractivity contribution in [2.24, 2.45) is 0 Å². The van der Waals surface area contributed by atoms with Crippen molar-refractivity contribution in [3.8, 4) is 0 Å². The van der Waals surface area contributed by atoms with Crippen LogP contribution in [0.3, 0.4) is 0 Å². The molecule has 2 aliphatic heterocycles. The molecular weight excluding hydrogens is 312 g/mol. The Balaban J connectivity index is 1.51. The molecule has 2 amide bonds. The van der Waals surface area contributed by atoms with Gasteiger partial charge in [0.25, 0.3) is 5.91 Å². The molecule has 1 unspecified atom stereocenters. The van der Waals surface area contributed by atoms with Gasteiger partial charge in [-0.15, -0.1) is 11.3 Å². The summed E-state index contributed by atoms with van der Waals surface area (Å²) in [7, 11) is 0. The van der Waals surface area contributed by atoms with Crippen LogP contribution < -0.4 is 0 Å². The Morgan fingerprint density at radius 1 is 1.26 bits per heavy atom. The van der Waals surface area contributed by atoms with E-state index in [1.165, 1.54) is 11.3 Å². The fourth-order valence-corrected chi connectivity index (χ4v) is 4.47. The fourth-order valence-electron chi connectivity index (χ4n) is 3.65. The van der Waals surface area contributed by atoms with Crippen LogP contribution in [0.25, 0.3) is 4.83 Å². The molecule has 0 bridgehead atoms. The molecule has 7 heteroatoms. The standard InChI is InChI=1S/C16H20N4O2S/c21-14-5-1-2-7-19(14)12-4-3-6-18(9-12)16(22)13-10-23-15-8-17-11-20(13)15/h8,10-12H,1-7,9H2. The molecule has 0 aromatic carbocycles. The normalized spacial score (nSPS) is 22.8. The third kappa shape index (κ3) is 2.63. The summed E-state index contributed by atoms with van der Waals surface area (Å²) in [5.41, 5.74) is 0.674. The van der Waals surface area contributed by atoms with E-state index in [1.54, 1.807) is 12.5 Å². The molecule has 2 aromatic heterocycles. The largest absolute Gasteiger partial charge is 0.338 e. The van der Waals surface area contributed by atoms with Gasteiger partial charge in [-0.25, -0.2) is 4.98 Å². The zero-order chi connectivity index (χ0) is 15.8. The monoisotopic (exact) mass is 332 g/mol. The first-order valence-corrected chi connectivity index (χ1v) is 9.10. The number of likely N-dealkylation sites (tertiary alicyclic amines) is 2. The van der Waals surface area contributed by atoms with E-state index in [0.29, 0.717) is 18.7 Å². The van der Waals surface area contributed by atoms with E-state index < -0.39 is 0 Å². The number of amides is 2. The summed E-state index contributed by atoms with van der Waals surface area (Å²) < 4.78 is 1.85. The smallest absolute Gasteiger partial charge is 0.271 e. The molecule has 0 aliphatic carbocycles. The highest BCUT2D eigenvalue weighted by molar-refractivity contribution is 7.15. The highest BCUT2D eigenvalue weighted by atomic mass is 32.1. The number of carbonyl (C=O) groups excluding carboxylic acids is 2. The van der Waals surface area contributed by atoms with Crippen molar-refractivity contribution >= 4 is 28.0 Å². The summed E-state index contributed by atoms with van der Waals surface area (Å²) in [6.07, 6.45) is 8.15. The lowest BCUT2D eigenvalue weighted by atomic mass is 10.00. The minimum absolute atomic E-state index is 0.0448. The molecule has 0 radical (unpaired) electrons. The van der Waals surface area contributed by atoms with Crippen LogP contribution in [0.5, 0.6) is 0 Å². The predicted molar refractivity (Wildman–Crippen MR) is 87.6 cm³/mol. The van der Waals surface area contributed by atoms with Crippen LogP contribution in [-0.2, 0) is 4.79 Å². The molecule has 4 rings (SSSR count). The molecule has 6 nitrogen and oxygen atoms in total. The molecule has 0 N–H and O–H groups in total. The van der Waals surface area contributed by atoms with Crippen LogP contribution in [0, 0.1) is 0 Å². The van der Waals surface area contributed by atoms with Crippen molar-refractivity contribution in [3.63, 3.8) is 0 Å². The lowest BCUT2D eigenvalue weighted by Gasteiger charge is -2.40. The maximum absolute atomic E-state index is 12.9. The molecule has 2 aliphatic rings. The highest BCUT2D eigenvalue weighted by Crippen LogP contribution is 2.23. The second-order valence-electron chi connectivity index (χ2n) is 6.31. The van der Waals surface area contributed by atoms with Gasteiger partial charge >= 0.3 is 0 Å². The Labute approximate surface area is 138 Å². The lowest BCUT2D eigenvalue weighted by molar-refractivity contribution is -0.136. The SMILES string of the molecule is O=C(c1csc2cncn12)N1CCCC(N2CCCCC2=O)C1. The third-order valence-electron chi connectivity index (χ3n) is 4.86. The summed E-state index contributed by atoms with van der Waals surface area (Å²) in [5, 5.41) is 1.90. The van der Waals surface area contributed by atoms with Crippen LogP contribution in [0.15, 0.2) is 17.9 Å². The molecular formula is C16H20N4O2S. The quantitative estimate of drug-likeness (QED) is 0.845. The van der Waals surface area contributed by atoms with Crippen LogP contribution in [-0.4, -0.2) is 56.7 Å². The van der Waals surface area contributed by atoms with Crippen molar-refractivity contribution in [3.05, 3.63) is 23.6 Å². The molecule has 4 heterocycles. The van der Waals surface area contributed by atoms with E-state index in [-0.39, 0.29) is 17.9 Å². The van der Waals surface area contributed by atoms with Gasteiger partial charge in [-0.3, -0.25) is 14.0 Å². The van der Waals surface area contributed by atoms with Crippen molar-refractivity contribution in [1.29, 1.82) is 0 Å². The minimum Gasteiger partial charge on any atom is -0.338 e. The molecule has 0 saturated carbocycles. The van der Waals surface area contributed by atoms with Crippen molar-refractivity contribution < 1.29 is 9.59 Å². The molecule has 2 aromatic rings. The van der Waals surface area contributed by atoms with Gasteiger partial charge in [0.2, 0.25) is 5.91 Å². The zero-order valence-corrected chi connectivity index (χ0v) is 13.8. The summed E-state index contributed by atoms with van der Waals surface area (Å²) in [6, 6.07) is 0.178. The Bertz CT molecular complexity index is 737. The van der Waals surface area contributed by atoms with Crippen molar-refractivity contribution in [2.45, 2.75) is 38.1 Å². The minimum atomic E-state index is 0.0448. The number of piperidine rings is 2. The van der Waals surface area contributed by atoms with Crippen LogP contribution in [0.4, 0.5) is 0 Å². The summed E-state index contributed by atoms with van der Waals surface area (Å²) in [4.78, 5) is 34.0. The fraction of sp³-hybridized carbons (Fsp3) is 0.562. The second-order valence-corrected chi connectivity index (χ2v) is 7.20. The number of fused-ring (bicyclic) bond motifs is 1. The number of nitrogens with zero attached hydrogens (tertiary/aromatic N) is 4. The number of hydrogen-bond acceptors (Lipinski definition) is 4. The van der Waals surface area contributed by atoms with Gasteiger partial charge in [-0.1, -0.05) is 0 Å². The van der Waals surface area contributed by atoms with Gasteiger partial charge in [0.15, 0.2) is 0 Å². The first-order chi connectivity index (χ1) is 11.2. The lowest BCUT2D eigenvalue weighted by Crippen LogP contribution is -2.53. The molecule has 2 saturated heterocycles. The van der Waals surface area contributed by atoms with Gasteiger partial charge in [0, 0.05) is 37.5 Å². The third-order valence-corrected chi connectivity index (χ3v) is 5.74. The maximum atomic E-state index is 12.9. The topological polar surface area (TPSA) is 57.9 Å². The molecule has 0 spiro atoms. The van der Waals surface area contributed by atoms with E-state index in [9.17, 15) is 9.59 Å². The molecule has 2 fully saturated rings. The Hall–Kier alpha value is -1.89. The van der Waals surface area contributed by atoms with Crippen molar-refractivity contribution in [1.82, 2.24) is 19.2 Å². The first-order valence-electron chi connectivity index (χ1n) is 8.22. The van der Waals surface area contributed by atoms with Gasteiger partial charge in [-0.2, -0.15) is 0 Å². The molecule has 23 heavy (non-hydrogen) atoms. The molecule has 122 valence electrons. The summed E-state index contributed by atoms with van der Waals surface area (Å²) in [6.45, 7) is 2.26. The zero-order valence-electron chi connectivity index (χ0n) is 13.0. The van der Waals surface area contributed by atoms with E-state index in [4.69, 9.17) is 0 Å². The van der Waals surface area contributed by atoms with Gasteiger partial charge in [0.1, 0.15) is 16.9 Å². The van der Waals surface area contributed by atoms with Gasteiger partial charge < -0.3 is 9.80 Å². The van der Waals surface area contributed by atoms with Gasteiger partial charge in [-0.05, 0) is 25.7 Å². The Morgan fingerprint density at radius 3 is 3.04 bits per heavy atom. The van der Waals surface area contributed by atoms with E-state index in [0.717, 1.165) is 43.6 Å². The van der Waals surface area contributed by atoms with E-state index in [2.05, 4.69) is 4.98 Å². The number of rotatable bonds is 2. The Morgan fingerprint density at radius 2 is 2.17 bits per heavy atom. The number of carbonyl (C=O) groups is 2. The van der Waals surface area contributed by atoms with Crippen molar-refractivity contribution in [2.75, 3.05) is 19.6 Å². The number of aromatic nitrogens is 2. The highest BCUT2D eigenvalue weighted by Gasteiger charge is 2.32. The number of imidazole rings is 1. The van der Waals surface area contributed by atoms with E-state index >= 15 is 0 Å². The van der Waals surface area contributed by atoms with Crippen LogP contribution in [0.2, 0.25) is 0 Å². The van der Waals surface area contributed by atoms with E-state index in [1.807, 2.05) is 19.6 Å². The summed E-state index contributed by atoms with van der Waals surface area (Å²) >= 11 is 1.53. The second kappa shape index (κ2) is 5.96. The number of thiazole rings is 1. The number of hydrogen-bond donors (Lipinski definition) is 0. The van der Waals surface area contributed by atoms with Gasteiger partial charge in [0.05, 0.1) is 6.20 Å². The predicted octanol–water partition coefficient (Wildman–Crippen LogP) is 2.01. The molecule has 1 atom stereocenters. The average Bonchev–Trinajstić information content (AvgIpc) is 3.18.